The second-order valence-electron chi connectivity index (χ2n) is 5.58. The van der Waals surface area contributed by atoms with Gasteiger partial charge in [-0.3, -0.25) is 0 Å². The molecule has 2 aromatic rings. The third kappa shape index (κ3) is 7.15. The van der Waals surface area contributed by atoms with E-state index in [2.05, 4.69) is 60.5 Å². The van der Waals surface area contributed by atoms with Crippen LogP contribution in [0.5, 0.6) is 5.75 Å². The molecule has 0 fully saturated rings. The van der Waals surface area contributed by atoms with Crippen molar-refractivity contribution in [1.29, 1.82) is 0 Å². The molecule has 0 aliphatic carbocycles. The van der Waals surface area contributed by atoms with Gasteiger partial charge in [0.25, 0.3) is 0 Å². The normalized spacial score (nSPS) is 9.72. The third-order valence-corrected chi connectivity index (χ3v) is 4.16. The number of halogens is 2. The van der Waals surface area contributed by atoms with Crippen LogP contribution in [0.25, 0.3) is 0 Å². The van der Waals surface area contributed by atoms with E-state index in [0.717, 1.165) is 38.3 Å². The number of para-hydroxylation sites is 1. The molecule has 0 heterocycles. The second-order valence-corrected chi connectivity index (χ2v) is 5.58. The monoisotopic (exact) mass is 384 g/mol. The van der Waals surface area contributed by atoms with Gasteiger partial charge in [-0.1, -0.05) is 30.3 Å². The Bertz CT molecular complexity index is 587. The lowest BCUT2D eigenvalue weighted by Gasteiger charge is -2.21. The first-order valence-corrected chi connectivity index (χ1v) is 8.45. The zero-order valence-corrected chi connectivity index (χ0v) is 17.0. The molecule has 1 N–H and O–H groups in total. The lowest BCUT2D eigenvalue weighted by Crippen LogP contribution is -2.21. The van der Waals surface area contributed by atoms with Gasteiger partial charge in [0.15, 0.2) is 0 Å². The van der Waals surface area contributed by atoms with Crippen molar-refractivity contribution in [2.75, 3.05) is 31.6 Å². The highest BCUT2D eigenvalue weighted by Gasteiger charge is 2.03. The molecule has 2 aromatic carbocycles. The highest BCUT2D eigenvalue weighted by molar-refractivity contribution is 5.85. The average Bonchev–Trinajstić information content (AvgIpc) is 2.61. The summed E-state index contributed by atoms with van der Waals surface area (Å²) in [5.74, 6) is 0.970. The van der Waals surface area contributed by atoms with Gasteiger partial charge < -0.3 is 15.0 Å². The van der Waals surface area contributed by atoms with Crippen LogP contribution in [0.1, 0.15) is 25.0 Å². The van der Waals surface area contributed by atoms with Crippen LogP contribution >= 0.6 is 24.8 Å². The summed E-state index contributed by atoms with van der Waals surface area (Å²) in [5, 5.41) is 3.51. The van der Waals surface area contributed by atoms with Crippen LogP contribution in [-0.2, 0) is 13.0 Å². The Kier molecular flexibility index (Phi) is 12.1. The van der Waals surface area contributed by atoms with Gasteiger partial charge in [0.2, 0.25) is 0 Å². The van der Waals surface area contributed by atoms with E-state index < -0.39 is 0 Å². The smallest absolute Gasteiger partial charge is 0.122 e. The summed E-state index contributed by atoms with van der Waals surface area (Å²) in [5.41, 5.74) is 3.87. The number of benzene rings is 2. The molecule has 0 aliphatic rings. The number of ether oxygens (including phenoxy) is 1. The van der Waals surface area contributed by atoms with Gasteiger partial charge in [0.05, 0.1) is 7.11 Å². The molecule has 0 radical (unpaired) electrons. The quantitative estimate of drug-likeness (QED) is 0.633. The minimum absolute atomic E-state index is 0. The third-order valence-electron chi connectivity index (χ3n) is 4.16. The maximum Gasteiger partial charge on any atom is 0.122 e. The number of hydrogen-bond acceptors (Lipinski definition) is 3. The first-order chi connectivity index (χ1) is 11.3. The summed E-state index contributed by atoms with van der Waals surface area (Å²) in [4.78, 5) is 2.36. The SMILES string of the molecule is CCN(CC)c1ccc(CNCCc2ccccc2OC)cc1.Cl.Cl. The molecular weight excluding hydrogens is 355 g/mol. The Labute approximate surface area is 164 Å². The molecule has 0 spiro atoms. The zero-order valence-electron chi connectivity index (χ0n) is 15.3. The number of hydrogen-bond donors (Lipinski definition) is 1. The minimum Gasteiger partial charge on any atom is -0.496 e. The summed E-state index contributed by atoms with van der Waals surface area (Å²) in [6, 6.07) is 17.1. The van der Waals surface area contributed by atoms with Crippen LogP contribution in [0, 0.1) is 0 Å². The first-order valence-electron chi connectivity index (χ1n) is 8.45. The van der Waals surface area contributed by atoms with Crippen LogP contribution in [-0.4, -0.2) is 26.7 Å². The predicted octanol–water partition coefficient (Wildman–Crippen LogP) is 4.72. The Hall–Kier alpha value is -1.42. The van der Waals surface area contributed by atoms with E-state index in [0.29, 0.717) is 0 Å². The zero-order chi connectivity index (χ0) is 16.5. The molecule has 25 heavy (non-hydrogen) atoms. The van der Waals surface area contributed by atoms with Gasteiger partial charge in [-0.05, 0) is 56.1 Å². The van der Waals surface area contributed by atoms with E-state index in [-0.39, 0.29) is 24.8 Å². The molecule has 0 saturated carbocycles. The molecular formula is C20H30Cl2N2O. The minimum atomic E-state index is 0. The fourth-order valence-corrected chi connectivity index (χ4v) is 2.78. The Balaban J connectivity index is 0.00000288. The van der Waals surface area contributed by atoms with Crippen molar-refractivity contribution in [3.8, 4) is 5.75 Å². The number of anilines is 1. The van der Waals surface area contributed by atoms with Gasteiger partial charge in [-0.2, -0.15) is 0 Å². The summed E-state index contributed by atoms with van der Waals surface area (Å²) in [6.07, 6.45) is 0.974. The van der Waals surface area contributed by atoms with Gasteiger partial charge in [-0.15, -0.1) is 24.8 Å². The summed E-state index contributed by atoms with van der Waals surface area (Å²) in [7, 11) is 1.73. The molecule has 140 valence electrons. The number of nitrogens with zero attached hydrogens (tertiary/aromatic N) is 1. The van der Waals surface area contributed by atoms with E-state index in [1.54, 1.807) is 7.11 Å². The van der Waals surface area contributed by atoms with Crippen LogP contribution in [0.15, 0.2) is 48.5 Å². The standard InChI is InChI=1S/C20H28N2O.2ClH/c1-4-22(5-2)19-12-10-17(11-13-19)16-21-15-14-18-8-6-7-9-20(18)23-3;;/h6-13,21H,4-5,14-16H2,1-3H3;2*1H. The predicted molar refractivity (Wildman–Crippen MR) is 113 cm³/mol. The van der Waals surface area contributed by atoms with E-state index in [9.17, 15) is 0 Å². The van der Waals surface area contributed by atoms with Crippen LogP contribution in [0.4, 0.5) is 5.69 Å². The van der Waals surface area contributed by atoms with Crippen LogP contribution in [0.3, 0.4) is 0 Å². The van der Waals surface area contributed by atoms with Crippen molar-refractivity contribution >= 4 is 30.5 Å². The molecule has 0 aliphatic heterocycles. The van der Waals surface area contributed by atoms with Crippen LogP contribution in [0.2, 0.25) is 0 Å². The molecule has 0 unspecified atom stereocenters. The van der Waals surface area contributed by atoms with Crippen LogP contribution < -0.4 is 15.0 Å². The Morgan fingerprint density at radius 3 is 2.16 bits per heavy atom. The molecule has 0 amide bonds. The van der Waals surface area contributed by atoms with Crippen molar-refractivity contribution in [3.63, 3.8) is 0 Å². The molecule has 0 aromatic heterocycles. The fourth-order valence-electron chi connectivity index (χ4n) is 2.78. The van der Waals surface area contributed by atoms with Gasteiger partial charge in [0, 0.05) is 25.3 Å². The number of methoxy groups -OCH3 is 1. The summed E-state index contributed by atoms with van der Waals surface area (Å²) >= 11 is 0. The van der Waals surface area contributed by atoms with E-state index >= 15 is 0 Å². The highest BCUT2D eigenvalue weighted by Crippen LogP contribution is 2.17. The Morgan fingerprint density at radius 1 is 0.920 bits per heavy atom. The van der Waals surface area contributed by atoms with E-state index in [1.807, 2.05) is 12.1 Å². The van der Waals surface area contributed by atoms with Gasteiger partial charge in [0.1, 0.15) is 5.75 Å². The molecule has 0 bridgehead atoms. The van der Waals surface area contributed by atoms with E-state index in [4.69, 9.17) is 4.74 Å². The van der Waals surface area contributed by atoms with Crippen molar-refractivity contribution in [1.82, 2.24) is 5.32 Å². The lowest BCUT2D eigenvalue weighted by molar-refractivity contribution is 0.409. The molecule has 0 atom stereocenters. The number of rotatable bonds is 9. The second kappa shape index (κ2) is 12.9. The summed E-state index contributed by atoms with van der Waals surface area (Å²) < 4.78 is 5.39. The maximum atomic E-state index is 5.39. The van der Waals surface area contributed by atoms with Crippen molar-refractivity contribution < 1.29 is 4.74 Å². The molecule has 5 heteroatoms. The van der Waals surface area contributed by atoms with Gasteiger partial charge in [-0.25, -0.2) is 0 Å². The van der Waals surface area contributed by atoms with Crippen molar-refractivity contribution in [2.24, 2.45) is 0 Å². The molecule has 0 saturated heterocycles. The lowest BCUT2D eigenvalue weighted by atomic mass is 10.1. The largest absolute Gasteiger partial charge is 0.496 e. The number of nitrogens with one attached hydrogen (secondary N) is 1. The van der Waals surface area contributed by atoms with Gasteiger partial charge >= 0.3 is 0 Å². The topological polar surface area (TPSA) is 24.5 Å². The van der Waals surface area contributed by atoms with Crippen molar-refractivity contribution in [2.45, 2.75) is 26.8 Å². The summed E-state index contributed by atoms with van der Waals surface area (Å²) in [6.45, 7) is 8.32. The average molecular weight is 385 g/mol. The van der Waals surface area contributed by atoms with E-state index in [1.165, 1.54) is 16.8 Å². The van der Waals surface area contributed by atoms with Crippen molar-refractivity contribution in [3.05, 3.63) is 59.7 Å². The fraction of sp³-hybridized carbons (Fsp3) is 0.400. The highest BCUT2D eigenvalue weighted by atomic mass is 35.5. The first kappa shape index (κ1) is 23.6. The molecule has 3 nitrogen and oxygen atoms in total. The maximum absolute atomic E-state index is 5.39. The molecule has 2 rings (SSSR count). The Morgan fingerprint density at radius 2 is 1.56 bits per heavy atom.